The molecule has 1 aromatic heterocycles. The van der Waals surface area contributed by atoms with Crippen LogP contribution in [0.2, 0.25) is 0 Å². The van der Waals surface area contributed by atoms with Gasteiger partial charge in [-0.3, -0.25) is 4.79 Å². The van der Waals surface area contributed by atoms with Crippen LogP contribution in [0.1, 0.15) is 24.2 Å². The number of hydrogen-bond acceptors (Lipinski definition) is 4. The van der Waals surface area contributed by atoms with E-state index in [1.165, 1.54) is 6.42 Å². The van der Waals surface area contributed by atoms with E-state index in [4.69, 9.17) is 9.47 Å². The van der Waals surface area contributed by atoms with Crippen molar-refractivity contribution in [1.82, 2.24) is 9.55 Å². The number of hydrogen-bond donors (Lipinski definition) is 1. The lowest BCUT2D eigenvalue weighted by molar-refractivity contribution is -0.121. The van der Waals surface area contributed by atoms with E-state index < -0.39 is 0 Å². The maximum Gasteiger partial charge on any atom is 0.232 e. The van der Waals surface area contributed by atoms with Gasteiger partial charge in [0, 0.05) is 13.0 Å². The van der Waals surface area contributed by atoms with Gasteiger partial charge in [-0.2, -0.15) is 0 Å². The topological polar surface area (TPSA) is 65.4 Å². The summed E-state index contributed by atoms with van der Waals surface area (Å²) in [7, 11) is 1.63. The number of carbonyl (C=O) groups excluding carboxylic acids is 1. The average Bonchev–Trinajstić information content (AvgIpc) is 3.03. The molecular weight excluding hydrogens is 306 g/mol. The standard InChI is InChI=1S/C18H21N3O3/c1-23-14-6-4-5-12-9-13(11-24-17(12)14)18(22)20-16-10-19-15-7-2-3-8-21(15)16/h4-6,10,13H,2-3,7-9,11H2,1H3,(H,20,22). The molecule has 6 heteroatoms. The highest BCUT2D eigenvalue weighted by atomic mass is 16.5. The minimum absolute atomic E-state index is 0.0169. The molecule has 0 bridgehead atoms. The first-order chi connectivity index (χ1) is 11.8. The lowest BCUT2D eigenvalue weighted by Gasteiger charge is -2.26. The highest BCUT2D eigenvalue weighted by Gasteiger charge is 2.28. The van der Waals surface area contributed by atoms with Crippen LogP contribution in [0, 0.1) is 5.92 Å². The molecule has 2 aromatic rings. The fourth-order valence-electron chi connectivity index (χ4n) is 3.47. The second-order valence-corrected chi connectivity index (χ2v) is 6.32. The van der Waals surface area contributed by atoms with Crippen LogP contribution in [0.25, 0.3) is 0 Å². The van der Waals surface area contributed by atoms with Crippen LogP contribution >= 0.6 is 0 Å². The summed E-state index contributed by atoms with van der Waals surface area (Å²) in [6.45, 7) is 1.28. The van der Waals surface area contributed by atoms with Crippen molar-refractivity contribution in [2.45, 2.75) is 32.2 Å². The molecule has 0 radical (unpaired) electrons. The number of nitrogens with zero attached hydrogens (tertiary/aromatic N) is 2. The Kier molecular flexibility index (Phi) is 3.88. The van der Waals surface area contributed by atoms with Crippen LogP contribution in [-0.4, -0.2) is 29.2 Å². The van der Waals surface area contributed by atoms with E-state index in [0.717, 1.165) is 48.1 Å². The van der Waals surface area contributed by atoms with E-state index in [0.29, 0.717) is 13.0 Å². The predicted molar refractivity (Wildman–Crippen MR) is 89.5 cm³/mol. The monoisotopic (exact) mass is 327 g/mol. The molecule has 0 saturated heterocycles. The summed E-state index contributed by atoms with van der Waals surface area (Å²) in [5.41, 5.74) is 1.01. The average molecular weight is 327 g/mol. The Hall–Kier alpha value is -2.50. The van der Waals surface area contributed by atoms with E-state index >= 15 is 0 Å². The largest absolute Gasteiger partial charge is 0.493 e. The molecule has 6 nitrogen and oxygen atoms in total. The second kappa shape index (κ2) is 6.19. The van der Waals surface area contributed by atoms with Crippen LogP contribution in [0.4, 0.5) is 5.82 Å². The molecule has 1 aromatic carbocycles. The molecule has 1 atom stereocenters. The molecule has 1 N–H and O–H groups in total. The van der Waals surface area contributed by atoms with E-state index in [9.17, 15) is 4.79 Å². The second-order valence-electron chi connectivity index (χ2n) is 6.32. The van der Waals surface area contributed by atoms with Gasteiger partial charge >= 0.3 is 0 Å². The molecular formula is C18H21N3O3. The number of methoxy groups -OCH3 is 1. The third kappa shape index (κ3) is 2.62. The minimum atomic E-state index is -0.209. The summed E-state index contributed by atoms with van der Waals surface area (Å²) in [5.74, 6) is 3.11. The van der Waals surface area contributed by atoms with Crippen molar-refractivity contribution in [3.63, 3.8) is 0 Å². The Balaban J connectivity index is 1.49. The fraction of sp³-hybridized carbons (Fsp3) is 0.444. The summed E-state index contributed by atoms with van der Waals surface area (Å²) in [4.78, 5) is 17.1. The van der Waals surface area contributed by atoms with Crippen molar-refractivity contribution in [2.24, 2.45) is 5.92 Å². The lowest BCUT2D eigenvalue weighted by atomic mass is 9.95. The van der Waals surface area contributed by atoms with Gasteiger partial charge in [-0.05, 0) is 30.9 Å². The summed E-state index contributed by atoms with van der Waals surface area (Å²) in [6.07, 6.45) is 5.69. The molecule has 0 spiro atoms. The first-order valence-corrected chi connectivity index (χ1v) is 8.40. The number of fused-ring (bicyclic) bond motifs is 2. The Bertz CT molecular complexity index is 769. The number of anilines is 1. The van der Waals surface area contributed by atoms with Gasteiger partial charge in [0.1, 0.15) is 18.2 Å². The number of aromatic nitrogens is 2. The number of amides is 1. The zero-order valence-electron chi connectivity index (χ0n) is 13.7. The minimum Gasteiger partial charge on any atom is -0.493 e. The Morgan fingerprint density at radius 3 is 3.21 bits per heavy atom. The lowest BCUT2D eigenvalue weighted by Crippen LogP contribution is -2.33. The van der Waals surface area contributed by atoms with Crippen LogP contribution in [0.5, 0.6) is 11.5 Å². The van der Waals surface area contributed by atoms with Crippen LogP contribution < -0.4 is 14.8 Å². The van der Waals surface area contributed by atoms with Gasteiger partial charge in [-0.1, -0.05) is 12.1 Å². The Morgan fingerprint density at radius 2 is 2.33 bits per heavy atom. The number of para-hydroxylation sites is 1. The number of nitrogens with one attached hydrogen (secondary N) is 1. The third-order valence-electron chi connectivity index (χ3n) is 4.77. The van der Waals surface area contributed by atoms with Gasteiger partial charge in [-0.25, -0.2) is 4.98 Å². The molecule has 4 rings (SSSR count). The van der Waals surface area contributed by atoms with Crippen LogP contribution in [0.15, 0.2) is 24.4 Å². The van der Waals surface area contributed by atoms with Crippen molar-refractivity contribution in [1.29, 1.82) is 0 Å². The van der Waals surface area contributed by atoms with Gasteiger partial charge < -0.3 is 19.4 Å². The molecule has 24 heavy (non-hydrogen) atoms. The molecule has 2 aliphatic heterocycles. The van der Waals surface area contributed by atoms with Crippen molar-refractivity contribution in [3.05, 3.63) is 35.8 Å². The van der Waals surface area contributed by atoms with Crippen molar-refractivity contribution in [3.8, 4) is 11.5 Å². The summed E-state index contributed by atoms with van der Waals surface area (Å²) >= 11 is 0. The van der Waals surface area contributed by atoms with Gasteiger partial charge in [0.15, 0.2) is 11.5 Å². The van der Waals surface area contributed by atoms with Crippen molar-refractivity contribution in [2.75, 3.05) is 19.0 Å². The number of benzene rings is 1. The molecule has 3 heterocycles. The maximum absolute atomic E-state index is 12.7. The van der Waals surface area contributed by atoms with E-state index in [2.05, 4.69) is 14.9 Å². The molecule has 0 saturated carbocycles. The van der Waals surface area contributed by atoms with Crippen molar-refractivity contribution >= 4 is 11.7 Å². The summed E-state index contributed by atoms with van der Waals surface area (Å²) in [6, 6.07) is 5.78. The Morgan fingerprint density at radius 1 is 1.42 bits per heavy atom. The summed E-state index contributed by atoms with van der Waals surface area (Å²) < 4.78 is 13.2. The normalized spacial score (nSPS) is 19.0. The SMILES string of the molecule is COc1cccc2c1OCC(C(=O)Nc1cnc3n1CCCC3)C2. The van der Waals surface area contributed by atoms with E-state index in [1.54, 1.807) is 13.3 Å². The predicted octanol–water partition coefficient (Wildman–Crippen LogP) is 2.42. The van der Waals surface area contributed by atoms with E-state index in [1.807, 2.05) is 18.2 Å². The third-order valence-corrected chi connectivity index (χ3v) is 4.77. The molecule has 126 valence electrons. The number of carbonyl (C=O) groups is 1. The number of ether oxygens (including phenoxy) is 2. The zero-order valence-corrected chi connectivity index (χ0v) is 13.7. The number of aryl methyl sites for hydroxylation is 1. The highest BCUT2D eigenvalue weighted by molar-refractivity contribution is 5.92. The summed E-state index contributed by atoms with van der Waals surface area (Å²) in [5, 5.41) is 3.03. The first kappa shape index (κ1) is 15.1. The van der Waals surface area contributed by atoms with Gasteiger partial charge in [0.25, 0.3) is 0 Å². The molecule has 1 unspecified atom stereocenters. The van der Waals surface area contributed by atoms with Gasteiger partial charge in [0.05, 0.1) is 19.2 Å². The van der Waals surface area contributed by atoms with Gasteiger partial charge in [-0.15, -0.1) is 0 Å². The maximum atomic E-state index is 12.7. The number of rotatable bonds is 3. The van der Waals surface area contributed by atoms with Crippen molar-refractivity contribution < 1.29 is 14.3 Å². The highest BCUT2D eigenvalue weighted by Crippen LogP contribution is 2.36. The molecule has 1 amide bonds. The van der Waals surface area contributed by atoms with Gasteiger partial charge in [0.2, 0.25) is 5.91 Å². The van der Waals surface area contributed by atoms with Crippen LogP contribution in [-0.2, 0) is 24.2 Å². The molecule has 0 fully saturated rings. The molecule has 0 aliphatic carbocycles. The smallest absolute Gasteiger partial charge is 0.232 e. The zero-order chi connectivity index (χ0) is 16.5. The first-order valence-electron chi connectivity index (χ1n) is 8.40. The van der Waals surface area contributed by atoms with E-state index in [-0.39, 0.29) is 11.8 Å². The fourth-order valence-corrected chi connectivity index (χ4v) is 3.47. The number of imidazole rings is 1. The Labute approximate surface area is 140 Å². The quantitative estimate of drug-likeness (QED) is 0.940. The van der Waals surface area contributed by atoms with Crippen LogP contribution in [0.3, 0.4) is 0 Å². The molecule has 2 aliphatic rings.